The fraction of sp³-hybridized carbons (Fsp3) is 0.0545. The van der Waals surface area contributed by atoms with Crippen LogP contribution in [0.2, 0.25) is 0 Å². The van der Waals surface area contributed by atoms with Gasteiger partial charge in [0.2, 0.25) is 0 Å². The minimum absolute atomic E-state index is 0.141. The van der Waals surface area contributed by atoms with Crippen molar-refractivity contribution in [1.29, 1.82) is 0 Å². The highest BCUT2D eigenvalue weighted by atomic mass is 16.3. The van der Waals surface area contributed by atoms with Gasteiger partial charge in [-0.25, -0.2) is 4.98 Å². The van der Waals surface area contributed by atoms with Gasteiger partial charge in [0.15, 0.2) is 0 Å². The average molecular weight is 755 g/mol. The first-order chi connectivity index (χ1) is 29.0. The van der Waals surface area contributed by atoms with Crippen molar-refractivity contribution in [3.63, 3.8) is 0 Å². The van der Waals surface area contributed by atoms with Crippen molar-refractivity contribution in [2.24, 2.45) is 0 Å². The molecule has 3 aromatic heterocycles. The van der Waals surface area contributed by atoms with Crippen molar-refractivity contribution >= 4 is 76.5 Å². The van der Waals surface area contributed by atoms with Crippen molar-refractivity contribution in [2.75, 3.05) is 0 Å². The Labute approximate surface area is 339 Å². The Balaban J connectivity index is 1.13. The van der Waals surface area contributed by atoms with Crippen LogP contribution in [0.25, 0.3) is 121 Å². The second kappa shape index (κ2) is 11.7. The number of aromatic nitrogens is 2. The lowest BCUT2D eigenvalue weighted by Gasteiger charge is -2.22. The third-order valence-electron chi connectivity index (χ3n) is 12.9. The molecule has 1 aliphatic carbocycles. The summed E-state index contributed by atoms with van der Waals surface area (Å²) < 4.78 is 13.5. The van der Waals surface area contributed by atoms with Crippen molar-refractivity contribution in [2.45, 2.75) is 19.3 Å². The Hall–Kier alpha value is -7.56. The summed E-state index contributed by atoms with van der Waals surface area (Å²) in [4.78, 5) is 10.7. The fourth-order valence-corrected chi connectivity index (χ4v) is 10.1. The molecule has 1 aliphatic rings. The summed E-state index contributed by atoms with van der Waals surface area (Å²) in [5, 5.41) is 8.70. The van der Waals surface area contributed by atoms with Crippen LogP contribution in [0, 0.1) is 0 Å². The Kier molecular flexibility index (Phi) is 6.48. The van der Waals surface area contributed by atoms with Crippen LogP contribution in [0.5, 0.6) is 0 Å². The molecule has 4 nitrogen and oxygen atoms in total. The number of benzene rings is 9. The minimum Gasteiger partial charge on any atom is -0.456 e. The Morgan fingerprint density at radius 1 is 0.424 bits per heavy atom. The van der Waals surface area contributed by atoms with Crippen LogP contribution in [0.15, 0.2) is 179 Å². The van der Waals surface area contributed by atoms with E-state index in [-0.39, 0.29) is 5.41 Å². The molecule has 3 heterocycles. The Morgan fingerprint density at radius 3 is 1.83 bits per heavy atom. The van der Waals surface area contributed by atoms with Crippen molar-refractivity contribution in [3.05, 3.63) is 181 Å². The zero-order valence-corrected chi connectivity index (χ0v) is 32.4. The van der Waals surface area contributed by atoms with Crippen LogP contribution in [-0.2, 0) is 5.41 Å². The lowest BCUT2D eigenvalue weighted by molar-refractivity contribution is 0.660. The Bertz CT molecular complexity index is 3730. The van der Waals surface area contributed by atoms with Gasteiger partial charge in [0, 0.05) is 48.9 Å². The number of nitrogens with zero attached hydrogens (tertiary/aromatic N) is 2. The molecular weight excluding hydrogens is 721 g/mol. The third kappa shape index (κ3) is 4.54. The highest BCUT2D eigenvalue weighted by molar-refractivity contribution is 6.25. The molecule has 0 amide bonds. The van der Waals surface area contributed by atoms with Gasteiger partial charge in [-0.3, -0.25) is 4.98 Å². The van der Waals surface area contributed by atoms with E-state index in [1.807, 2.05) is 30.5 Å². The molecule has 0 spiro atoms. The van der Waals surface area contributed by atoms with Crippen LogP contribution in [0.1, 0.15) is 25.0 Å². The van der Waals surface area contributed by atoms with Crippen molar-refractivity contribution in [3.8, 4) is 44.6 Å². The summed E-state index contributed by atoms with van der Waals surface area (Å²) in [6, 6.07) is 58.4. The predicted molar refractivity (Wildman–Crippen MR) is 243 cm³/mol. The smallest absolute Gasteiger partial charge is 0.144 e. The number of furan rings is 2. The molecule has 4 heteroatoms. The van der Waals surface area contributed by atoms with E-state index in [0.717, 1.165) is 99.2 Å². The van der Waals surface area contributed by atoms with E-state index in [1.165, 1.54) is 33.0 Å². The predicted octanol–water partition coefficient (Wildman–Crippen LogP) is 15.0. The van der Waals surface area contributed by atoms with E-state index in [4.69, 9.17) is 18.8 Å². The van der Waals surface area contributed by atoms with E-state index in [0.29, 0.717) is 0 Å². The van der Waals surface area contributed by atoms with Crippen molar-refractivity contribution < 1.29 is 8.83 Å². The summed E-state index contributed by atoms with van der Waals surface area (Å²) in [6.07, 6.45) is 1.94. The van der Waals surface area contributed by atoms with Gasteiger partial charge in [0.05, 0.1) is 22.9 Å². The molecule has 0 saturated heterocycles. The summed E-state index contributed by atoms with van der Waals surface area (Å²) in [6.45, 7) is 4.68. The van der Waals surface area contributed by atoms with Gasteiger partial charge in [-0.1, -0.05) is 135 Å². The first kappa shape index (κ1) is 32.5. The number of para-hydroxylation sites is 2. The van der Waals surface area contributed by atoms with E-state index in [2.05, 4.69) is 153 Å². The van der Waals surface area contributed by atoms with E-state index < -0.39 is 0 Å². The fourth-order valence-electron chi connectivity index (χ4n) is 10.1. The normalized spacial score (nSPS) is 13.4. The third-order valence-corrected chi connectivity index (χ3v) is 12.9. The summed E-state index contributed by atoms with van der Waals surface area (Å²) in [5.41, 5.74) is 16.3. The maximum Gasteiger partial charge on any atom is 0.144 e. The van der Waals surface area contributed by atoms with Crippen LogP contribution in [0.3, 0.4) is 0 Å². The molecule has 0 unspecified atom stereocenters. The van der Waals surface area contributed by atoms with Gasteiger partial charge >= 0.3 is 0 Å². The van der Waals surface area contributed by atoms with Gasteiger partial charge in [-0.05, 0) is 92.2 Å². The standard InChI is InChI=1S/C55H34N2O2/c1-55(2)44-20-10-7-15-37(44)38-24-23-31(28-45(38)55)32-25-33(46-30-56-52-40-17-5-3-13-35(40)36-14-4-6-18-41(36)53(52)57-46)27-34(26-32)50-51-42-19-9-12-22-48(42)58-49(51)29-43-39-16-8-11-21-47(39)59-54(43)50/h3-30H,1-2H3. The monoisotopic (exact) mass is 754 g/mol. The van der Waals surface area contributed by atoms with Gasteiger partial charge in [0.1, 0.15) is 22.3 Å². The van der Waals surface area contributed by atoms with Crippen LogP contribution >= 0.6 is 0 Å². The first-order valence-corrected chi connectivity index (χ1v) is 20.2. The van der Waals surface area contributed by atoms with E-state index in [1.54, 1.807) is 0 Å². The highest BCUT2D eigenvalue weighted by Crippen LogP contribution is 2.51. The quantitative estimate of drug-likeness (QED) is 0.169. The maximum atomic E-state index is 6.86. The molecule has 0 atom stereocenters. The molecule has 0 saturated carbocycles. The van der Waals surface area contributed by atoms with Crippen LogP contribution in [0.4, 0.5) is 0 Å². The zero-order chi connectivity index (χ0) is 39.0. The minimum atomic E-state index is -0.141. The molecule has 0 fully saturated rings. The summed E-state index contributed by atoms with van der Waals surface area (Å²) >= 11 is 0. The highest BCUT2D eigenvalue weighted by Gasteiger charge is 2.35. The Morgan fingerprint density at radius 2 is 1.03 bits per heavy atom. The largest absolute Gasteiger partial charge is 0.456 e. The maximum absolute atomic E-state index is 6.86. The van der Waals surface area contributed by atoms with Gasteiger partial charge in [0.25, 0.3) is 0 Å². The van der Waals surface area contributed by atoms with Crippen molar-refractivity contribution in [1.82, 2.24) is 9.97 Å². The topological polar surface area (TPSA) is 52.1 Å². The number of hydrogen-bond donors (Lipinski definition) is 0. The molecule has 13 rings (SSSR count). The van der Waals surface area contributed by atoms with Gasteiger partial charge < -0.3 is 8.83 Å². The lowest BCUT2D eigenvalue weighted by Crippen LogP contribution is -2.14. The van der Waals surface area contributed by atoms with Gasteiger partial charge in [-0.15, -0.1) is 0 Å². The van der Waals surface area contributed by atoms with E-state index >= 15 is 0 Å². The molecule has 9 aromatic carbocycles. The molecule has 12 aromatic rings. The molecule has 0 aliphatic heterocycles. The van der Waals surface area contributed by atoms with E-state index in [9.17, 15) is 0 Å². The second-order valence-electron chi connectivity index (χ2n) is 16.5. The molecule has 0 N–H and O–H groups in total. The average Bonchev–Trinajstić information content (AvgIpc) is 3.92. The molecule has 0 bridgehead atoms. The molecular formula is C55H34N2O2. The number of fused-ring (bicyclic) bond motifs is 15. The summed E-state index contributed by atoms with van der Waals surface area (Å²) in [7, 11) is 0. The lowest BCUT2D eigenvalue weighted by atomic mass is 9.81. The van der Waals surface area contributed by atoms with Crippen LogP contribution < -0.4 is 0 Å². The van der Waals surface area contributed by atoms with Crippen LogP contribution in [-0.4, -0.2) is 9.97 Å². The SMILES string of the molecule is CC1(C)c2ccccc2-c2ccc(-c3cc(-c4cnc5c6ccccc6c6ccccc6c5n4)cc(-c4c5oc6ccccc6c5cc5oc6ccccc6c45)c3)cc21. The molecule has 0 radical (unpaired) electrons. The summed E-state index contributed by atoms with van der Waals surface area (Å²) in [5.74, 6) is 0. The molecule has 59 heavy (non-hydrogen) atoms. The number of hydrogen-bond acceptors (Lipinski definition) is 4. The zero-order valence-electron chi connectivity index (χ0n) is 32.4. The first-order valence-electron chi connectivity index (χ1n) is 20.2. The molecule has 276 valence electrons. The number of rotatable bonds is 3. The van der Waals surface area contributed by atoms with Gasteiger partial charge in [-0.2, -0.15) is 0 Å². The second-order valence-corrected chi connectivity index (χ2v) is 16.5.